The second kappa shape index (κ2) is 5.40. The van der Waals surface area contributed by atoms with Crippen LogP contribution in [0.1, 0.15) is 12.8 Å². The molecule has 3 rings (SSSR count). The number of hydrogen-bond donors (Lipinski definition) is 2. The molecule has 1 heterocycles. The molecule has 0 spiro atoms. The van der Waals surface area contributed by atoms with E-state index in [0.717, 1.165) is 12.8 Å². The number of rotatable bonds is 3. The van der Waals surface area contributed by atoms with E-state index in [2.05, 4.69) is 10.6 Å². The number of hydrogen-bond acceptors (Lipinski definition) is 4. The van der Waals surface area contributed by atoms with Gasteiger partial charge >= 0.3 is 11.8 Å². The monoisotopic (exact) mass is 276 g/mol. The summed E-state index contributed by atoms with van der Waals surface area (Å²) in [6.45, 7) is 0.590. The minimum atomic E-state index is -0.626. The highest BCUT2D eigenvalue weighted by Crippen LogP contribution is 2.30. The average molecular weight is 276 g/mol. The van der Waals surface area contributed by atoms with Gasteiger partial charge in [0, 0.05) is 6.04 Å². The number of carbonyl (C=O) groups excluding carboxylic acids is 2. The predicted molar refractivity (Wildman–Crippen MR) is 70.5 cm³/mol. The van der Waals surface area contributed by atoms with Gasteiger partial charge in [-0.3, -0.25) is 9.59 Å². The summed E-state index contributed by atoms with van der Waals surface area (Å²) >= 11 is 0. The van der Waals surface area contributed by atoms with E-state index in [1.165, 1.54) is 0 Å². The normalized spacial score (nSPS) is 20.1. The van der Waals surface area contributed by atoms with Gasteiger partial charge in [0.2, 0.25) is 0 Å². The summed E-state index contributed by atoms with van der Waals surface area (Å²) in [6, 6.07) is 7.53. The van der Waals surface area contributed by atoms with Gasteiger partial charge in [0.15, 0.2) is 11.5 Å². The van der Waals surface area contributed by atoms with Crippen LogP contribution in [0.25, 0.3) is 0 Å². The highest BCUT2D eigenvalue weighted by molar-refractivity contribution is 6.35. The van der Waals surface area contributed by atoms with Gasteiger partial charge in [-0.15, -0.1) is 0 Å². The van der Waals surface area contributed by atoms with Gasteiger partial charge in [-0.1, -0.05) is 12.1 Å². The van der Waals surface area contributed by atoms with Crippen molar-refractivity contribution in [1.82, 2.24) is 10.6 Å². The minimum Gasteiger partial charge on any atom is -0.486 e. The molecule has 2 N–H and O–H groups in total. The van der Waals surface area contributed by atoms with Crippen LogP contribution in [-0.2, 0) is 9.59 Å². The third kappa shape index (κ3) is 3.01. The molecule has 106 valence electrons. The molecule has 0 bridgehead atoms. The van der Waals surface area contributed by atoms with Crippen molar-refractivity contribution < 1.29 is 19.1 Å². The zero-order chi connectivity index (χ0) is 13.9. The number of fused-ring (bicyclic) bond motifs is 1. The zero-order valence-corrected chi connectivity index (χ0v) is 10.9. The van der Waals surface area contributed by atoms with E-state index in [1.807, 2.05) is 24.3 Å². The molecule has 1 aromatic carbocycles. The Morgan fingerprint density at radius 1 is 1.15 bits per heavy atom. The van der Waals surface area contributed by atoms with Crippen LogP contribution in [0.4, 0.5) is 0 Å². The van der Waals surface area contributed by atoms with Crippen LogP contribution in [-0.4, -0.2) is 37.1 Å². The van der Waals surface area contributed by atoms with E-state index >= 15 is 0 Å². The van der Waals surface area contributed by atoms with Crippen molar-refractivity contribution in [2.45, 2.75) is 25.0 Å². The van der Waals surface area contributed by atoms with Crippen molar-refractivity contribution in [3.05, 3.63) is 24.3 Å². The van der Waals surface area contributed by atoms with Crippen LogP contribution in [0.2, 0.25) is 0 Å². The predicted octanol–water partition coefficient (Wildman–Crippen LogP) is 0.221. The van der Waals surface area contributed by atoms with Crippen molar-refractivity contribution in [3.63, 3.8) is 0 Å². The van der Waals surface area contributed by atoms with Crippen molar-refractivity contribution in [2.75, 3.05) is 13.2 Å². The molecule has 20 heavy (non-hydrogen) atoms. The molecule has 2 amide bonds. The lowest BCUT2D eigenvalue weighted by Gasteiger charge is -2.26. The van der Waals surface area contributed by atoms with Crippen LogP contribution >= 0.6 is 0 Å². The number of para-hydroxylation sites is 2. The van der Waals surface area contributed by atoms with Crippen molar-refractivity contribution >= 4 is 11.8 Å². The molecular formula is C14H16N2O4. The summed E-state index contributed by atoms with van der Waals surface area (Å²) in [5, 5.41) is 5.19. The lowest BCUT2D eigenvalue weighted by Crippen LogP contribution is -2.46. The summed E-state index contributed by atoms with van der Waals surface area (Å²) in [4.78, 5) is 23.0. The maximum Gasteiger partial charge on any atom is 0.309 e. The second-order valence-electron chi connectivity index (χ2n) is 4.96. The second-order valence-corrected chi connectivity index (χ2v) is 4.96. The average Bonchev–Trinajstić information content (AvgIpc) is 3.28. The van der Waals surface area contributed by atoms with E-state index in [9.17, 15) is 9.59 Å². The smallest absolute Gasteiger partial charge is 0.309 e. The topological polar surface area (TPSA) is 76.7 Å². The van der Waals surface area contributed by atoms with E-state index < -0.39 is 11.8 Å². The molecule has 6 heteroatoms. The summed E-state index contributed by atoms with van der Waals surface area (Å²) in [7, 11) is 0. The van der Waals surface area contributed by atoms with Crippen LogP contribution in [0.5, 0.6) is 11.5 Å². The lowest BCUT2D eigenvalue weighted by atomic mass is 10.2. The molecule has 1 unspecified atom stereocenters. The Morgan fingerprint density at radius 3 is 2.65 bits per heavy atom. The molecule has 1 aliphatic heterocycles. The molecule has 0 radical (unpaired) electrons. The molecule has 1 saturated carbocycles. The van der Waals surface area contributed by atoms with Gasteiger partial charge < -0.3 is 20.1 Å². The number of amides is 2. The molecule has 0 saturated heterocycles. The lowest BCUT2D eigenvalue weighted by molar-refractivity contribution is -0.139. The fraction of sp³-hybridized carbons (Fsp3) is 0.429. The largest absolute Gasteiger partial charge is 0.486 e. The third-order valence-electron chi connectivity index (χ3n) is 3.18. The van der Waals surface area contributed by atoms with Gasteiger partial charge in [-0.25, -0.2) is 0 Å². The summed E-state index contributed by atoms with van der Waals surface area (Å²) in [6.07, 6.45) is 1.62. The summed E-state index contributed by atoms with van der Waals surface area (Å²) in [5.41, 5.74) is 0. The highest BCUT2D eigenvalue weighted by Gasteiger charge is 2.27. The highest BCUT2D eigenvalue weighted by atomic mass is 16.6. The number of nitrogens with one attached hydrogen (secondary N) is 2. The van der Waals surface area contributed by atoms with Crippen molar-refractivity contribution in [2.24, 2.45) is 0 Å². The van der Waals surface area contributed by atoms with E-state index in [0.29, 0.717) is 18.1 Å². The first-order valence-electron chi connectivity index (χ1n) is 6.69. The zero-order valence-electron chi connectivity index (χ0n) is 10.9. The molecule has 2 aliphatic rings. The molecule has 1 fully saturated rings. The Kier molecular flexibility index (Phi) is 3.45. The maximum absolute atomic E-state index is 11.6. The van der Waals surface area contributed by atoms with Gasteiger partial charge in [-0.2, -0.15) is 0 Å². The first-order valence-corrected chi connectivity index (χ1v) is 6.69. The van der Waals surface area contributed by atoms with Crippen LogP contribution < -0.4 is 20.1 Å². The first-order chi connectivity index (χ1) is 9.72. The van der Waals surface area contributed by atoms with E-state index in [1.54, 1.807) is 0 Å². The van der Waals surface area contributed by atoms with E-state index in [-0.39, 0.29) is 18.7 Å². The fourth-order valence-electron chi connectivity index (χ4n) is 1.93. The summed E-state index contributed by atoms with van der Waals surface area (Å²) in [5.74, 6) is 0.144. The van der Waals surface area contributed by atoms with Crippen molar-refractivity contribution in [3.8, 4) is 11.5 Å². The Bertz CT molecular complexity index is 528. The summed E-state index contributed by atoms with van der Waals surface area (Å²) < 4.78 is 11.2. The van der Waals surface area contributed by atoms with Gasteiger partial charge in [-0.05, 0) is 25.0 Å². The number of ether oxygens (including phenoxy) is 2. The van der Waals surface area contributed by atoms with E-state index in [4.69, 9.17) is 9.47 Å². The molecule has 6 nitrogen and oxygen atoms in total. The Morgan fingerprint density at radius 2 is 1.90 bits per heavy atom. The van der Waals surface area contributed by atoms with Gasteiger partial charge in [0.25, 0.3) is 0 Å². The maximum atomic E-state index is 11.6. The van der Waals surface area contributed by atoms with Crippen molar-refractivity contribution in [1.29, 1.82) is 0 Å². The quantitative estimate of drug-likeness (QED) is 0.774. The molecule has 0 aromatic heterocycles. The Hall–Kier alpha value is -2.24. The molecule has 1 atom stereocenters. The number of carbonyl (C=O) groups is 2. The SMILES string of the molecule is O=C(NCC1COc2ccccc2O1)C(=O)NC1CC1. The standard InChI is InChI=1S/C14H16N2O4/c17-13(14(18)16-9-5-6-9)15-7-10-8-19-11-3-1-2-4-12(11)20-10/h1-4,9-10H,5-8H2,(H,15,17)(H,16,18). The molecular weight excluding hydrogens is 260 g/mol. The van der Waals surface area contributed by atoms with Crippen LogP contribution in [0, 0.1) is 0 Å². The first kappa shape index (κ1) is 12.8. The third-order valence-corrected chi connectivity index (χ3v) is 3.18. The Balaban J connectivity index is 1.47. The number of benzene rings is 1. The fourth-order valence-corrected chi connectivity index (χ4v) is 1.93. The van der Waals surface area contributed by atoms with Crippen LogP contribution in [0.3, 0.4) is 0 Å². The van der Waals surface area contributed by atoms with Gasteiger partial charge in [0.05, 0.1) is 6.54 Å². The Labute approximate surface area is 116 Å². The molecule has 1 aliphatic carbocycles. The van der Waals surface area contributed by atoms with Crippen LogP contribution in [0.15, 0.2) is 24.3 Å². The van der Waals surface area contributed by atoms with Gasteiger partial charge in [0.1, 0.15) is 12.7 Å². The minimum absolute atomic E-state index is 0.175. The molecule has 1 aromatic rings.